The average molecular weight is 221 g/mol. The first-order valence-corrected chi connectivity index (χ1v) is 5.21. The Morgan fingerprint density at radius 1 is 1.21 bits per heavy atom. The largest absolute Gasteiger partial charge is 0.0846 e. The number of halogens is 1. The molecule has 1 aliphatic carbocycles. The van der Waals surface area contributed by atoms with Crippen LogP contribution >= 0.6 is 23.8 Å². The first-order valence-electron chi connectivity index (χ1n) is 4.43. The Hall–Kier alpha value is -0.920. The van der Waals surface area contributed by atoms with Crippen molar-refractivity contribution in [1.29, 1.82) is 0 Å². The zero-order valence-corrected chi connectivity index (χ0v) is 9.11. The number of thiocarbonyl (C=S) groups is 1. The second-order valence-electron chi connectivity index (χ2n) is 3.17. The molecule has 0 saturated carbocycles. The number of hydrogen-bond acceptors (Lipinski definition) is 1. The first-order chi connectivity index (χ1) is 6.75. The number of benzene rings is 1. The Morgan fingerprint density at radius 2 is 2.07 bits per heavy atom. The van der Waals surface area contributed by atoms with Crippen molar-refractivity contribution >= 4 is 34.3 Å². The molecule has 0 aliphatic heterocycles. The molecule has 0 bridgehead atoms. The molecular formula is C12H9ClS. The minimum Gasteiger partial charge on any atom is -0.0846 e. The van der Waals surface area contributed by atoms with Crippen molar-refractivity contribution < 1.29 is 0 Å². The fourth-order valence-corrected chi connectivity index (χ4v) is 1.75. The zero-order chi connectivity index (χ0) is 9.97. The second-order valence-corrected chi connectivity index (χ2v) is 4.13. The molecular weight excluding hydrogens is 212 g/mol. The average Bonchev–Trinajstić information content (AvgIpc) is 2.19. The lowest BCUT2D eigenvalue weighted by atomic mass is 10.00. The summed E-state index contributed by atoms with van der Waals surface area (Å²) in [5.74, 6) is 0. The summed E-state index contributed by atoms with van der Waals surface area (Å²) in [5, 5.41) is 0.768. The maximum absolute atomic E-state index is 5.92. The Bertz CT molecular complexity index is 430. The van der Waals surface area contributed by atoms with Gasteiger partial charge in [-0.15, -0.1) is 0 Å². The van der Waals surface area contributed by atoms with Crippen LogP contribution < -0.4 is 0 Å². The van der Waals surface area contributed by atoms with Crippen molar-refractivity contribution in [2.24, 2.45) is 0 Å². The van der Waals surface area contributed by atoms with Crippen molar-refractivity contribution in [3.8, 4) is 0 Å². The minimum atomic E-state index is 0.768. The molecule has 0 heterocycles. The van der Waals surface area contributed by atoms with E-state index in [1.807, 2.05) is 30.4 Å². The fraction of sp³-hybridized carbons (Fsp3) is 0.0833. The van der Waals surface area contributed by atoms with Gasteiger partial charge in [-0.3, -0.25) is 0 Å². The normalized spacial score (nSPS) is 15.5. The van der Waals surface area contributed by atoms with Gasteiger partial charge in [0.15, 0.2) is 0 Å². The molecule has 0 aromatic heterocycles. The topological polar surface area (TPSA) is 0 Å². The van der Waals surface area contributed by atoms with Gasteiger partial charge in [0.25, 0.3) is 0 Å². The van der Waals surface area contributed by atoms with Crippen LogP contribution in [0.15, 0.2) is 42.5 Å². The highest BCUT2D eigenvalue weighted by Gasteiger charge is 2.03. The quantitative estimate of drug-likeness (QED) is 0.644. The van der Waals surface area contributed by atoms with E-state index in [0.29, 0.717) is 0 Å². The molecule has 0 fully saturated rings. The van der Waals surface area contributed by atoms with Gasteiger partial charge in [-0.25, -0.2) is 0 Å². The highest BCUT2D eigenvalue weighted by Crippen LogP contribution is 2.22. The Morgan fingerprint density at radius 3 is 2.71 bits per heavy atom. The third kappa shape index (κ3) is 2.11. The SMILES string of the molecule is S=C1C=CC(c2cccc(Cl)c2)=CC1. The lowest BCUT2D eigenvalue weighted by Gasteiger charge is -2.07. The lowest BCUT2D eigenvalue weighted by Crippen LogP contribution is -1.93. The third-order valence-corrected chi connectivity index (χ3v) is 2.67. The summed E-state index contributed by atoms with van der Waals surface area (Å²) < 4.78 is 0. The van der Waals surface area contributed by atoms with Crippen LogP contribution in [0.2, 0.25) is 5.02 Å². The van der Waals surface area contributed by atoms with E-state index in [-0.39, 0.29) is 0 Å². The molecule has 0 unspecified atom stereocenters. The molecule has 0 nitrogen and oxygen atoms in total. The van der Waals surface area contributed by atoms with Crippen molar-refractivity contribution in [3.05, 3.63) is 53.1 Å². The van der Waals surface area contributed by atoms with Crippen LogP contribution in [0.25, 0.3) is 5.57 Å². The van der Waals surface area contributed by atoms with Crippen LogP contribution in [0.4, 0.5) is 0 Å². The monoisotopic (exact) mass is 220 g/mol. The maximum Gasteiger partial charge on any atom is 0.0412 e. The van der Waals surface area contributed by atoms with Crippen molar-refractivity contribution in [2.45, 2.75) is 6.42 Å². The summed E-state index contributed by atoms with van der Waals surface area (Å²) in [5.41, 5.74) is 2.34. The number of allylic oxidation sites excluding steroid dienone is 4. The predicted molar refractivity (Wildman–Crippen MR) is 65.8 cm³/mol. The second kappa shape index (κ2) is 4.07. The maximum atomic E-state index is 5.92. The van der Waals surface area contributed by atoms with E-state index < -0.39 is 0 Å². The smallest absolute Gasteiger partial charge is 0.0412 e. The molecule has 0 N–H and O–H groups in total. The van der Waals surface area contributed by atoms with Crippen LogP contribution in [0, 0.1) is 0 Å². The molecule has 2 heteroatoms. The molecule has 2 rings (SSSR count). The van der Waals surface area contributed by atoms with Crippen LogP contribution in [-0.2, 0) is 0 Å². The van der Waals surface area contributed by atoms with Gasteiger partial charge in [-0.1, -0.05) is 48.1 Å². The lowest BCUT2D eigenvalue weighted by molar-refractivity contribution is 1.49. The minimum absolute atomic E-state index is 0.768. The predicted octanol–water partition coefficient (Wildman–Crippen LogP) is 4.05. The Labute approximate surface area is 93.9 Å². The van der Waals surface area contributed by atoms with Gasteiger partial charge in [-0.2, -0.15) is 0 Å². The molecule has 70 valence electrons. The van der Waals surface area contributed by atoms with Gasteiger partial charge in [0.05, 0.1) is 0 Å². The number of hydrogen-bond donors (Lipinski definition) is 0. The zero-order valence-electron chi connectivity index (χ0n) is 7.53. The molecule has 0 saturated heterocycles. The molecule has 1 aromatic carbocycles. The van der Waals surface area contributed by atoms with E-state index in [9.17, 15) is 0 Å². The highest BCUT2D eigenvalue weighted by atomic mass is 35.5. The molecule has 0 spiro atoms. The number of rotatable bonds is 1. The molecule has 0 amide bonds. The van der Waals surface area contributed by atoms with Crippen molar-refractivity contribution in [2.75, 3.05) is 0 Å². The van der Waals surface area contributed by atoms with E-state index in [1.165, 1.54) is 5.57 Å². The first kappa shape index (κ1) is 9.63. The van der Waals surface area contributed by atoms with E-state index in [2.05, 4.69) is 12.1 Å². The molecule has 0 atom stereocenters. The van der Waals surface area contributed by atoms with E-state index in [0.717, 1.165) is 21.9 Å². The fourth-order valence-electron chi connectivity index (χ4n) is 1.41. The van der Waals surface area contributed by atoms with Crippen molar-refractivity contribution in [1.82, 2.24) is 0 Å². The Balaban J connectivity index is 2.33. The van der Waals surface area contributed by atoms with E-state index >= 15 is 0 Å². The van der Waals surface area contributed by atoms with Crippen LogP contribution in [0.1, 0.15) is 12.0 Å². The van der Waals surface area contributed by atoms with Crippen LogP contribution in [-0.4, -0.2) is 4.86 Å². The molecule has 0 radical (unpaired) electrons. The highest BCUT2D eigenvalue weighted by molar-refractivity contribution is 7.80. The molecule has 1 aliphatic rings. The summed E-state index contributed by atoms with van der Waals surface area (Å²) in [4.78, 5) is 0.982. The van der Waals surface area contributed by atoms with E-state index in [1.54, 1.807) is 0 Å². The Kier molecular flexibility index (Phi) is 2.80. The summed E-state index contributed by atoms with van der Waals surface area (Å²) in [6.07, 6.45) is 7.00. The van der Waals surface area contributed by atoms with E-state index in [4.69, 9.17) is 23.8 Å². The standard InChI is InChI=1S/C12H9ClS/c13-11-3-1-2-10(8-11)9-4-6-12(14)7-5-9/h1-6,8H,7H2. The van der Waals surface area contributed by atoms with Gasteiger partial charge in [0.2, 0.25) is 0 Å². The van der Waals surface area contributed by atoms with Gasteiger partial charge in [0.1, 0.15) is 0 Å². The summed E-state index contributed by atoms with van der Waals surface area (Å²) >= 11 is 11.0. The van der Waals surface area contributed by atoms with Gasteiger partial charge < -0.3 is 0 Å². The van der Waals surface area contributed by atoms with Gasteiger partial charge in [0, 0.05) is 16.3 Å². The summed E-state index contributed by atoms with van der Waals surface area (Å²) in [7, 11) is 0. The molecule has 1 aromatic rings. The van der Waals surface area contributed by atoms with Crippen molar-refractivity contribution in [3.63, 3.8) is 0 Å². The van der Waals surface area contributed by atoms with Crippen LogP contribution in [0.5, 0.6) is 0 Å². The summed E-state index contributed by atoms with van der Waals surface area (Å²) in [6, 6.07) is 7.85. The third-order valence-electron chi connectivity index (χ3n) is 2.13. The summed E-state index contributed by atoms with van der Waals surface area (Å²) in [6.45, 7) is 0. The van der Waals surface area contributed by atoms with Gasteiger partial charge >= 0.3 is 0 Å². The molecule has 14 heavy (non-hydrogen) atoms. The van der Waals surface area contributed by atoms with Crippen LogP contribution in [0.3, 0.4) is 0 Å². The van der Waals surface area contributed by atoms with Gasteiger partial charge in [-0.05, 0) is 29.3 Å².